The Balaban J connectivity index is 1.02. The van der Waals surface area contributed by atoms with Gasteiger partial charge in [-0.25, -0.2) is 9.59 Å². The largest absolute Gasteiger partial charge is 0.492 e. The molecule has 41 heteroatoms. The number of methoxy groups -OCH3 is 5. The standard InChI is InChI=1S/C91H129IN8O29S3/c1-18-100(89(114)122-45-53-29-31-56(32-30-53)96-83(110)55(27-25-36-95-88(94)113)39-60(102)72(47(2)3)97-84(111)54(38-48(4)101)26-22-24-35-93)59-46-121-67(42-64(59)116-13)127-80-75(108)73(98-129-68-41-61(103)82(52(8)123-68)131-85(112)69-49(5)71(92)78(81(120-17)77(69)118-15)128-86-76(109)79(119-16)74(107)51(7)125-86)50(6)124-87(80)126-63-28-21-19-20-23-34-91(115)43-62(104)57(40-66(106)117-14)70(63)58(91)33-37-130-132-90(9,10)44-65(105)99(11)12/h19-20,29-33,47,50-52,54-55,59,61,63-64,67-68,72-76,79-80,82,86-87,98,103,107-109,115H,18,22,24-27,35-46,93H2,1-17H3,(H,96,110)(H,97,111)(H3,94,95,113)/b20-19-,58-33+/t50-,51+,52-,54-,55-,59+,61+,63+,64+,67+,68+,72+,73-,74+,75+,76-,79-,80-,82-,86+,87+,91+/m1/s1. The molecule has 8 rings (SSSR count). The Morgan fingerprint density at radius 2 is 1.49 bits per heavy atom. The van der Waals surface area contributed by atoms with Gasteiger partial charge in [0, 0.05) is 118 Å². The number of thioether (sulfide) groups is 1. The Hall–Kier alpha value is -7.58. The van der Waals surface area contributed by atoms with Crippen molar-refractivity contribution < 1.29 is 140 Å². The molecule has 0 spiro atoms. The number of Topliss-reactive ketones (excluding diaryl/α,β-unsaturated/α-hetero) is 3. The van der Waals surface area contributed by atoms with E-state index >= 15 is 0 Å². The van der Waals surface area contributed by atoms with Gasteiger partial charge in [0.1, 0.15) is 49.0 Å². The number of nitrogens with one attached hydrogen (secondary N) is 4. The van der Waals surface area contributed by atoms with Gasteiger partial charge in [-0.3, -0.25) is 38.4 Å². The lowest BCUT2D eigenvalue weighted by atomic mass is 9.72. The number of benzene rings is 2. The number of likely N-dealkylation sites (N-methyl/N-ethyl adjacent to an activating group) is 1. The van der Waals surface area contributed by atoms with Crippen LogP contribution in [0.25, 0.3) is 0 Å². The van der Waals surface area contributed by atoms with Crippen LogP contribution in [0.2, 0.25) is 0 Å². The molecule has 6 amide bonds. The third-order valence-corrected chi connectivity index (χ3v) is 29.2. The van der Waals surface area contributed by atoms with Gasteiger partial charge in [0.2, 0.25) is 34.9 Å². The fourth-order valence-electron chi connectivity index (χ4n) is 16.2. The molecule has 0 aromatic heterocycles. The third-order valence-electron chi connectivity index (χ3n) is 23.4. The van der Waals surface area contributed by atoms with Gasteiger partial charge < -0.3 is 129 Å². The Labute approximate surface area is 796 Å². The van der Waals surface area contributed by atoms with Gasteiger partial charge in [-0.15, -0.1) is 0 Å². The number of hydrogen-bond acceptors (Lipinski definition) is 34. The molecule has 0 saturated carbocycles. The Kier molecular flexibility index (Phi) is 42.9. The number of anilines is 1. The molecule has 4 aliphatic heterocycles. The summed E-state index contributed by atoms with van der Waals surface area (Å²) >= 11 is 2.75. The molecule has 2 aromatic rings. The topological polar surface area (TPSA) is 508 Å². The number of ether oxygens (including phenoxy) is 13. The summed E-state index contributed by atoms with van der Waals surface area (Å²) in [7, 11) is 12.7. The second kappa shape index (κ2) is 51.6. The maximum Gasteiger partial charge on any atom is 0.410 e. The highest BCUT2D eigenvalue weighted by atomic mass is 127. The molecule has 37 nitrogen and oxygen atoms in total. The number of aliphatic hydroxyl groups is 5. The van der Waals surface area contributed by atoms with Gasteiger partial charge in [-0.05, 0) is 152 Å². The van der Waals surface area contributed by atoms with Crippen molar-refractivity contribution in [2.45, 2.75) is 279 Å². The van der Waals surface area contributed by atoms with Crippen LogP contribution in [0, 0.1) is 51.9 Å². The van der Waals surface area contributed by atoms with Crippen molar-refractivity contribution in [3.63, 3.8) is 0 Å². The van der Waals surface area contributed by atoms with E-state index in [1.54, 1.807) is 92.9 Å². The summed E-state index contributed by atoms with van der Waals surface area (Å²) in [4.78, 5) is 145. The fraction of sp³-hybridized carbons (Fsp3) is 0.648. The summed E-state index contributed by atoms with van der Waals surface area (Å²) in [5, 5.41) is 66.4. The van der Waals surface area contributed by atoms with Crippen molar-refractivity contribution in [2.24, 2.45) is 29.2 Å². The average molecular weight is 2020 g/mol. The molecule has 132 heavy (non-hydrogen) atoms. The fourth-order valence-corrected chi connectivity index (χ4v) is 20.3. The number of ketones is 3. The van der Waals surface area contributed by atoms with Crippen LogP contribution in [0.15, 0.2) is 59.2 Å². The van der Waals surface area contributed by atoms with E-state index in [2.05, 4.69) is 45.1 Å². The number of hydrogen-bond donors (Lipinski definition) is 11. The zero-order valence-electron chi connectivity index (χ0n) is 77.7. The molecule has 4 fully saturated rings. The molecule has 2 bridgehead atoms. The van der Waals surface area contributed by atoms with E-state index in [1.165, 1.54) is 78.9 Å². The molecular weight excluding hydrogens is 1890 g/mol. The lowest BCUT2D eigenvalue weighted by molar-refractivity contribution is -0.337. The predicted octanol–water partition coefficient (Wildman–Crippen LogP) is 6.30. The molecule has 4 heterocycles. The molecule has 2 aromatic carbocycles. The first-order chi connectivity index (χ1) is 62.6. The maximum atomic E-state index is 14.7. The lowest BCUT2D eigenvalue weighted by Crippen LogP contribution is -2.65. The number of allylic oxidation sites excluding steroid dienone is 2. The van der Waals surface area contributed by atoms with Crippen molar-refractivity contribution in [2.75, 3.05) is 87.0 Å². The van der Waals surface area contributed by atoms with Gasteiger partial charge in [0.15, 0.2) is 47.5 Å². The Bertz CT molecular complexity index is 4570. The molecule has 4 saturated heterocycles. The summed E-state index contributed by atoms with van der Waals surface area (Å²) in [5.74, 6) is 6.65. The number of hydroxylamine groups is 1. The molecule has 0 unspecified atom stereocenters. The molecule has 0 radical (unpaired) electrons. The minimum absolute atomic E-state index is 0.00950. The first-order valence-electron chi connectivity index (χ1n) is 43.8. The maximum absolute atomic E-state index is 14.7. The van der Waals surface area contributed by atoms with E-state index in [0.717, 1.165) is 18.9 Å². The highest BCUT2D eigenvalue weighted by Gasteiger charge is 2.53. The van der Waals surface area contributed by atoms with E-state index in [9.17, 15) is 73.5 Å². The van der Waals surface area contributed by atoms with Gasteiger partial charge >= 0.3 is 18.1 Å². The van der Waals surface area contributed by atoms with Crippen molar-refractivity contribution in [1.82, 2.24) is 25.9 Å². The third kappa shape index (κ3) is 29.5. The normalized spacial score (nSPS) is 27.8. The predicted molar refractivity (Wildman–Crippen MR) is 497 cm³/mol. The number of aliphatic hydroxyl groups excluding tert-OH is 4. The highest BCUT2D eigenvalue weighted by molar-refractivity contribution is 14.1. The Morgan fingerprint density at radius 1 is 0.811 bits per heavy atom. The van der Waals surface area contributed by atoms with Crippen molar-refractivity contribution >= 4 is 120 Å². The van der Waals surface area contributed by atoms with Gasteiger partial charge in [-0.2, -0.15) is 5.48 Å². The minimum atomic E-state index is -2.21. The summed E-state index contributed by atoms with van der Waals surface area (Å²) in [6.07, 6.45) is -15.2. The monoisotopic (exact) mass is 2020 g/mol. The van der Waals surface area contributed by atoms with E-state index in [-0.39, 0.29) is 134 Å². The summed E-state index contributed by atoms with van der Waals surface area (Å²) < 4.78 is 79.5. The number of rotatable bonds is 45. The second-order valence-electron chi connectivity index (χ2n) is 34.2. The number of fused-ring (bicyclic) bond motifs is 2. The van der Waals surface area contributed by atoms with Gasteiger partial charge in [0.25, 0.3) is 0 Å². The van der Waals surface area contributed by atoms with Gasteiger partial charge in [0.05, 0.1) is 104 Å². The van der Waals surface area contributed by atoms with Crippen molar-refractivity contribution in [1.29, 1.82) is 0 Å². The zero-order chi connectivity index (χ0) is 97.3. The number of carbonyl (C=O) groups is 10. The smallest absolute Gasteiger partial charge is 0.410 e. The first kappa shape index (κ1) is 110. The number of primary amides is 1. The van der Waals surface area contributed by atoms with Crippen LogP contribution in [0.3, 0.4) is 0 Å². The molecule has 2 aliphatic carbocycles. The van der Waals surface area contributed by atoms with Crippen LogP contribution in [-0.2, 0) is 92.4 Å². The van der Waals surface area contributed by atoms with Crippen LogP contribution in [0.1, 0.15) is 161 Å². The molecule has 22 atom stereocenters. The van der Waals surface area contributed by atoms with Crippen LogP contribution < -0.4 is 47.1 Å². The molecule has 6 aliphatic rings. The van der Waals surface area contributed by atoms with Crippen LogP contribution in [-0.4, -0.2) is 301 Å². The number of esters is 1. The van der Waals surface area contributed by atoms with Crippen molar-refractivity contribution in [3.05, 3.63) is 79.5 Å². The summed E-state index contributed by atoms with van der Waals surface area (Å²) in [6, 6.07) is 2.61. The lowest BCUT2D eigenvalue weighted by Gasteiger charge is -2.47. The van der Waals surface area contributed by atoms with E-state index in [1.807, 2.05) is 36.4 Å². The van der Waals surface area contributed by atoms with E-state index in [4.69, 9.17) is 77.9 Å². The molecule has 732 valence electrons. The average Bonchev–Trinajstić information content (AvgIpc) is 0.748. The number of amides is 6. The number of nitrogens with zero attached hydrogens (tertiary/aromatic N) is 2. The summed E-state index contributed by atoms with van der Waals surface area (Å²) in [6.45, 7) is 17.1. The van der Waals surface area contributed by atoms with Gasteiger partial charge in [-0.1, -0.05) is 95.5 Å². The first-order valence-corrected chi connectivity index (χ1v) is 48.1. The summed E-state index contributed by atoms with van der Waals surface area (Å²) in [5.41, 5.74) is 12.9. The van der Waals surface area contributed by atoms with E-state index < -0.39 is 197 Å². The number of urea groups is 1. The van der Waals surface area contributed by atoms with Crippen LogP contribution in [0.5, 0.6) is 17.2 Å². The van der Waals surface area contributed by atoms with Crippen molar-refractivity contribution in [3.8, 4) is 40.9 Å². The van der Waals surface area contributed by atoms with Crippen LogP contribution >= 0.6 is 55.9 Å². The molecular formula is C91H129IN8O29S3. The SMILES string of the molecule is CCN(C(=O)OCc1ccc(NC(=O)[C@H](CCCNC(N)=O)CC(=O)[C@@H](NC(=O)[C@H](CCCCN)CC(C)=O)C(C)C)cc1)[C@H]1CO[C@@H](O[C@H]2[C@H](O[C@H]3C#C/C=C\C#C[C@]4(O)CC(=O)C(CC(=O)OC)=C3/C4=C\CSSC(C)(C)CC(=O)N(C)C)O[C@H](C)[C@@H](NO[C@H]3C[C@H](O)[C@H](SC(=O)c4c(C)c(I)c(O[C@@H]5O[C@@H](C)[C@H](O)[C@@H](OC)[C@H]5O)c(OC)c4OC)[C@@H](C)O3)[C@@H]2O)C[C@@H]1OC. The van der Waals surface area contributed by atoms with E-state index in [0.29, 0.717) is 46.2 Å². The quantitative estimate of drug-likeness (QED) is 0.00865. The number of halogens is 1. The highest BCUT2D eigenvalue weighted by Crippen LogP contribution is 2.50. The Morgan fingerprint density at radius 3 is 2.12 bits per heavy atom. The number of carbonyl (C=O) groups excluding carboxylic acids is 10. The number of unbranched alkanes of at least 4 members (excludes halogenated alkanes) is 1. The zero-order valence-corrected chi connectivity index (χ0v) is 82.3. The minimum Gasteiger partial charge on any atom is -0.492 e. The molecule has 13 N–H and O–H groups in total. The van der Waals surface area contributed by atoms with Crippen LogP contribution in [0.4, 0.5) is 15.3 Å². The number of nitrogens with two attached hydrogens (primary N) is 2. The second-order valence-corrected chi connectivity index (χ2v) is 39.5.